The summed E-state index contributed by atoms with van der Waals surface area (Å²) in [6, 6.07) is 9.21. The number of hydrogen-bond acceptors (Lipinski definition) is 7. The van der Waals surface area contributed by atoms with Crippen LogP contribution in [0.15, 0.2) is 41.3 Å². The van der Waals surface area contributed by atoms with E-state index in [-0.39, 0.29) is 36.8 Å². The molecule has 2 heterocycles. The van der Waals surface area contributed by atoms with E-state index in [1.165, 1.54) is 4.31 Å². The Hall–Kier alpha value is -2.76. The van der Waals surface area contributed by atoms with E-state index in [2.05, 4.69) is 4.90 Å². The van der Waals surface area contributed by atoms with Gasteiger partial charge in [0.2, 0.25) is 10.0 Å². The molecule has 33 heavy (non-hydrogen) atoms. The molecule has 2 aromatic carbocycles. The number of likely N-dealkylation sites (N-methyl/N-ethyl adjacent to an activating group) is 1. The predicted octanol–water partition coefficient (Wildman–Crippen LogP) is 2.31. The van der Waals surface area contributed by atoms with Gasteiger partial charge in [0.05, 0.1) is 21.6 Å². The van der Waals surface area contributed by atoms with Crippen molar-refractivity contribution < 1.29 is 17.7 Å². The second-order valence-corrected chi connectivity index (χ2v) is 10.5. The minimum Gasteiger partial charge on any atom is -0.367 e. The molecule has 0 saturated carbocycles. The lowest BCUT2D eigenvalue weighted by Gasteiger charge is -2.37. The third-order valence-electron chi connectivity index (χ3n) is 6.32. The maximum absolute atomic E-state index is 14.8. The molecule has 0 spiro atoms. The number of halogens is 1. The van der Waals surface area contributed by atoms with Gasteiger partial charge in [-0.25, -0.2) is 12.8 Å². The smallest absolute Gasteiger partial charge is 0.295 e. The molecule has 178 valence electrons. The van der Waals surface area contributed by atoms with Crippen LogP contribution >= 0.6 is 0 Å². The lowest BCUT2D eigenvalue weighted by atomic mass is 10.1. The molecule has 2 aromatic rings. The Morgan fingerprint density at radius 3 is 2.00 bits per heavy atom. The van der Waals surface area contributed by atoms with Gasteiger partial charge in [-0.1, -0.05) is 17.7 Å². The largest absolute Gasteiger partial charge is 0.367 e. The van der Waals surface area contributed by atoms with Crippen molar-refractivity contribution in [3.8, 4) is 0 Å². The molecule has 2 saturated heterocycles. The van der Waals surface area contributed by atoms with Crippen LogP contribution in [0.4, 0.5) is 21.5 Å². The average molecular weight is 478 g/mol. The Labute approximate surface area is 193 Å². The first-order valence-electron chi connectivity index (χ1n) is 10.9. The fourth-order valence-electron chi connectivity index (χ4n) is 4.26. The number of aryl methyl sites for hydroxylation is 1. The van der Waals surface area contributed by atoms with E-state index in [4.69, 9.17) is 0 Å². The topological polar surface area (TPSA) is 90.2 Å². The van der Waals surface area contributed by atoms with E-state index in [9.17, 15) is 22.9 Å². The Morgan fingerprint density at radius 2 is 1.42 bits per heavy atom. The van der Waals surface area contributed by atoms with E-state index >= 15 is 0 Å². The molecule has 0 radical (unpaired) electrons. The van der Waals surface area contributed by atoms with E-state index in [1.807, 2.05) is 18.9 Å². The Kier molecular flexibility index (Phi) is 6.55. The van der Waals surface area contributed by atoms with Crippen LogP contribution in [0.2, 0.25) is 0 Å². The lowest BCUT2D eigenvalue weighted by molar-refractivity contribution is -0.384. The number of hydrogen-bond donors (Lipinski definition) is 0. The molecular formula is C22H28FN5O4S. The first-order valence-corrected chi connectivity index (χ1v) is 12.3. The summed E-state index contributed by atoms with van der Waals surface area (Å²) in [5, 5.41) is 11.7. The van der Waals surface area contributed by atoms with Gasteiger partial charge in [-0.15, -0.1) is 0 Å². The van der Waals surface area contributed by atoms with E-state index in [0.29, 0.717) is 24.5 Å². The van der Waals surface area contributed by atoms with Crippen molar-refractivity contribution in [2.45, 2.75) is 11.8 Å². The molecule has 0 amide bonds. The highest BCUT2D eigenvalue weighted by atomic mass is 32.2. The number of nitro benzene ring substituents is 1. The number of sulfonamides is 1. The van der Waals surface area contributed by atoms with Gasteiger partial charge < -0.3 is 14.7 Å². The molecular weight excluding hydrogens is 449 g/mol. The standard InChI is InChI=1S/C22H28FN5O4S/c1-17-3-5-18(6-4-17)33(31,32)27-13-11-26(12-14-27)21-16-20(19(23)15-22(21)28(29)30)25-9-7-24(2)8-10-25/h3-6,15-16H,7-14H2,1-2H3. The summed E-state index contributed by atoms with van der Waals surface area (Å²) in [6.45, 7) is 5.65. The maximum Gasteiger partial charge on any atom is 0.295 e. The zero-order valence-electron chi connectivity index (χ0n) is 18.8. The summed E-state index contributed by atoms with van der Waals surface area (Å²) in [5.41, 5.74) is 1.33. The van der Waals surface area contributed by atoms with Crippen LogP contribution < -0.4 is 9.80 Å². The van der Waals surface area contributed by atoms with E-state index in [1.54, 1.807) is 35.2 Å². The van der Waals surface area contributed by atoms with Crippen LogP contribution in [-0.2, 0) is 10.0 Å². The summed E-state index contributed by atoms with van der Waals surface area (Å²) >= 11 is 0. The Morgan fingerprint density at radius 1 is 0.879 bits per heavy atom. The third-order valence-corrected chi connectivity index (χ3v) is 8.24. The SMILES string of the molecule is Cc1ccc(S(=O)(=O)N2CCN(c3cc(N4CCN(C)CC4)c(F)cc3[N+](=O)[O-])CC2)cc1. The van der Waals surface area contributed by atoms with Crippen LogP contribution in [0.25, 0.3) is 0 Å². The van der Waals surface area contributed by atoms with E-state index in [0.717, 1.165) is 24.7 Å². The molecule has 0 bridgehead atoms. The van der Waals surface area contributed by atoms with Crippen LogP contribution in [-0.4, -0.2) is 82.0 Å². The highest BCUT2D eigenvalue weighted by Gasteiger charge is 2.32. The van der Waals surface area contributed by atoms with E-state index < -0.39 is 20.8 Å². The highest BCUT2D eigenvalue weighted by molar-refractivity contribution is 7.89. The second-order valence-electron chi connectivity index (χ2n) is 8.54. The highest BCUT2D eigenvalue weighted by Crippen LogP contribution is 2.36. The summed E-state index contributed by atoms with van der Waals surface area (Å²) in [5.74, 6) is -0.615. The first-order chi connectivity index (χ1) is 15.7. The van der Waals surface area contributed by atoms with Gasteiger partial charge in [-0.3, -0.25) is 10.1 Å². The average Bonchev–Trinajstić information content (AvgIpc) is 2.80. The van der Waals surface area contributed by atoms with Crippen molar-refractivity contribution >= 4 is 27.1 Å². The predicted molar refractivity (Wildman–Crippen MR) is 125 cm³/mol. The molecule has 0 unspecified atom stereocenters. The van der Waals surface area contributed by atoms with Crippen molar-refractivity contribution in [3.63, 3.8) is 0 Å². The fraction of sp³-hybridized carbons (Fsp3) is 0.455. The summed E-state index contributed by atoms with van der Waals surface area (Å²) in [7, 11) is -1.65. The Balaban J connectivity index is 1.56. The molecule has 0 N–H and O–H groups in total. The molecule has 2 aliphatic heterocycles. The van der Waals surface area contributed by atoms with Crippen LogP contribution in [0.3, 0.4) is 0 Å². The monoisotopic (exact) mass is 477 g/mol. The number of nitro groups is 1. The number of anilines is 2. The molecule has 4 rings (SSSR count). The van der Waals surface area contributed by atoms with Crippen LogP contribution in [0, 0.1) is 22.9 Å². The lowest BCUT2D eigenvalue weighted by Crippen LogP contribution is -2.49. The van der Waals surface area contributed by atoms with Crippen LogP contribution in [0.5, 0.6) is 0 Å². The normalized spacial score (nSPS) is 18.5. The third kappa shape index (κ3) is 4.80. The summed E-state index contributed by atoms with van der Waals surface area (Å²) in [4.78, 5) is 17.1. The molecule has 2 aliphatic rings. The minimum absolute atomic E-state index is 0.189. The number of piperazine rings is 2. The number of rotatable bonds is 5. The van der Waals surface area contributed by atoms with Gasteiger partial charge in [-0.05, 0) is 32.2 Å². The zero-order chi connectivity index (χ0) is 23.8. The Bertz CT molecular complexity index is 1130. The number of nitrogens with zero attached hydrogens (tertiary/aromatic N) is 5. The molecule has 11 heteroatoms. The van der Waals surface area contributed by atoms with Gasteiger partial charge >= 0.3 is 0 Å². The van der Waals surface area contributed by atoms with Crippen molar-refractivity contribution in [1.82, 2.24) is 9.21 Å². The second kappa shape index (κ2) is 9.24. The molecule has 0 aliphatic carbocycles. The van der Waals surface area contributed by atoms with Crippen molar-refractivity contribution in [1.29, 1.82) is 0 Å². The molecule has 0 aromatic heterocycles. The van der Waals surface area contributed by atoms with Gasteiger partial charge in [0.15, 0.2) is 5.82 Å². The van der Waals surface area contributed by atoms with Gasteiger partial charge in [-0.2, -0.15) is 4.31 Å². The fourth-order valence-corrected chi connectivity index (χ4v) is 5.68. The maximum atomic E-state index is 14.8. The van der Waals surface area contributed by atoms with Crippen molar-refractivity contribution in [2.75, 3.05) is 69.2 Å². The van der Waals surface area contributed by atoms with Crippen molar-refractivity contribution in [3.05, 3.63) is 57.9 Å². The van der Waals surface area contributed by atoms with Crippen molar-refractivity contribution in [2.24, 2.45) is 0 Å². The quantitative estimate of drug-likeness (QED) is 0.482. The molecule has 2 fully saturated rings. The van der Waals surface area contributed by atoms with Gasteiger partial charge in [0.25, 0.3) is 5.69 Å². The first kappa shape index (κ1) is 23.4. The molecule has 0 atom stereocenters. The molecule has 9 nitrogen and oxygen atoms in total. The van der Waals surface area contributed by atoms with Crippen LogP contribution in [0.1, 0.15) is 5.56 Å². The van der Waals surface area contributed by atoms with Gasteiger partial charge in [0.1, 0.15) is 5.69 Å². The summed E-state index contributed by atoms with van der Waals surface area (Å²) < 4.78 is 42.2. The number of benzene rings is 2. The van der Waals surface area contributed by atoms with Gasteiger partial charge in [0, 0.05) is 52.4 Å². The minimum atomic E-state index is -3.65. The zero-order valence-corrected chi connectivity index (χ0v) is 19.6. The summed E-state index contributed by atoms with van der Waals surface area (Å²) in [6.07, 6.45) is 0.